The zero-order chi connectivity index (χ0) is 14.4. The summed E-state index contributed by atoms with van der Waals surface area (Å²) >= 11 is 0. The highest BCUT2D eigenvalue weighted by Gasteiger charge is 2.05. The van der Waals surface area contributed by atoms with Gasteiger partial charge in [-0.15, -0.1) is 6.42 Å². The number of carbonyl (C=O) groups excluding carboxylic acids is 1. The average molecular weight is 262 g/mol. The SMILES string of the molecule is C#Cc1ccc(NC(=O)c2ccc(N=[N+]=[N-])cc2)cc1. The minimum Gasteiger partial charge on any atom is -0.322 e. The highest BCUT2D eigenvalue weighted by molar-refractivity contribution is 6.04. The van der Waals surface area contributed by atoms with Gasteiger partial charge < -0.3 is 5.32 Å². The Morgan fingerprint density at radius 3 is 2.35 bits per heavy atom. The van der Waals surface area contributed by atoms with Gasteiger partial charge in [-0.3, -0.25) is 4.79 Å². The highest BCUT2D eigenvalue weighted by atomic mass is 16.1. The Labute approximate surface area is 115 Å². The summed E-state index contributed by atoms with van der Waals surface area (Å²) in [6.07, 6.45) is 5.26. The number of azide groups is 1. The molecule has 0 aliphatic rings. The number of hydrogen-bond donors (Lipinski definition) is 1. The molecule has 0 saturated carbocycles. The predicted molar refractivity (Wildman–Crippen MR) is 77.6 cm³/mol. The Bertz CT molecular complexity index is 705. The summed E-state index contributed by atoms with van der Waals surface area (Å²) in [6, 6.07) is 13.3. The molecule has 96 valence electrons. The van der Waals surface area contributed by atoms with E-state index >= 15 is 0 Å². The maximum Gasteiger partial charge on any atom is 0.255 e. The number of benzene rings is 2. The molecule has 0 aromatic heterocycles. The van der Waals surface area contributed by atoms with Crippen LogP contribution in [0.1, 0.15) is 15.9 Å². The molecule has 5 nitrogen and oxygen atoms in total. The second-order valence-corrected chi connectivity index (χ2v) is 3.91. The Morgan fingerprint density at radius 2 is 1.80 bits per heavy atom. The van der Waals surface area contributed by atoms with E-state index in [1.165, 1.54) is 0 Å². The summed E-state index contributed by atoms with van der Waals surface area (Å²) in [5.74, 6) is 2.26. The first-order valence-electron chi connectivity index (χ1n) is 5.76. The number of rotatable bonds is 3. The van der Waals surface area contributed by atoms with Gasteiger partial charge in [-0.1, -0.05) is 23.2 Å². The largest absolute Gasteiger partial charge is 0.322 e. The van der Waals surface area contributed by atoms with Crippen LogP contribution in [0.15, 0.2) is 53.6 Å². The van der Waals surface area contributed by atoms with E-state index < -0.39 is 0 Å². The van der Waals surface area contributed by atoms with Gasteiger partial charge in [0.05, 0.1) is 0 Å². The Hall–Kier alpha value is -3.22. The average Bonchev–Trinajstić information content (AvgIpc) is 2.49. The van der Waals surface area contributed by atoms with Crippen LogP contribution in [-0.4, -0.2) is 5.91 Å². The van der Waals surface area contributed by atoms with Crippen LogP contribution < -0.4 is 5.32 Å². The smallest absolute Gasteiger partial charge is 0.255 e. The third-order valence-electron chi connectivity index (χ3n) is 2.60. The molecule has 0 aliphatic carbocycles. The summed E-state index contributed by atoms with van der Waals surface area (Å²) in [5, 5.41) is 6.19. The Balaban J connectivity index is 2.11. The van der Waals surface area contributed by atoms with Gasteiger partial charge in [-0.2, -0.15) is 0 Å². The van der Waals surface area contributed by atoms with E-state index in [-0.39, 0.29) is 5.91 Å². The van der Waals surface area contributed by atoms with Crippen LogP contribution in [0.5, 0.6) is 0 Å². The van der Waals surface area contributed by atoms with Gasteiger partial charge in [0, 0.05) is 27.4 Å². The van der Waals surface area contributed by atoms with Crippen molar-refractivity contribution in [3.05, 3.63) is 70.1 Å². The van der Waals surface area contributed by atoms with Crippen molar-refractivity contribution in [1.29, 1.82) is 0 Å². The lowest BCUT2D eigenvalue weighted by Gasteiger charge is -2.05. The van der Waals surface area contributed by atoms with Gasteiger partial charge in [0.2, 0.25) is 0 Å². The number of anilines is 1. The third kappa shape index (κ3) is 3.16. The molecule has 1 amide bonds. The number of terminal acetylenes is 1. The van der Waals surface area contributed by atoms with Crippen molar-refractivity contribution in [2.24, 2.45) is 5.11 Å². The van der Waals surface area contributed by atoms with Crippen molar-refractivity contribution in [2.75, 3.05) is 5.32 Å². The van der Waals surface area contributed by atoms with Gasteiger partial charge in [-0.25, -0.2) is 0 Å². The fourth-order valence-corrected chi connectivity index (χ4v) is 1.58. The Morgan fingerprint density at radius 1 is 1.15 bits per heavy atom. The topological polar surface area (TPSA) is 77.9 Å². The predicted octanol–water partition coefficient (Wildman–Crippen LogP) is 3.86. The number of amides is 1. The molecule has 0 bridgehead atoms. The molecule has 0 spiro atoms. The second kappa shape index (κ2) is 6.10. The molecular formula is C15H10N4O. The van der Waals surface area contributed by atoms with Crippen LogP contribution in [0.2, 0.25) is 0 Å². The first kappa shape index (κ1) is 13.2. The van der Waals surface area contributed by atoms with E-state index in [9.17, 15) is 4.79 Å². The lowest BCUT2D eigenvalue weighted by atomic mass is 10.1. The normalized spacial score (nSPS) is 9.15. The van der Waals surface area contributed by atoms with Gasteiger partial charge in [0.15, 0.2) is 0 Å². The minimum absolute atomic E-state index is 0.244. The summed E-state index contributed by atoms with van der Waals surface area (Å²) in [6.45, 7) is 0. The molecule has 0 atom stereocenters. The maximum atomic E-state index is 12.0. The van der Waals surface area contributed by atoms with E-state index in [2.05, 4.69) is 21.3 Å². The fourth-order valence-electron chi connectivity index (χ4n) is 1.58. The molecule has 0 saturated heterocycles. The molecule has 0 heterocycles. The highest BCUT2D eigenvalue weighted by Crippen LogP contribution is 2.15. The van der Waals surface area contributed by atoms with Crippen molar-refractivity contribution in [2.45, 2.75) is 0 Å². The summed E-state index contributed by atoms with van der Waals surface area (Å²) < 4.78 is 0. The van der Waals surface area contributed by atoms with Crippen LogP contribution in [0.25, 0.3) is 10.4 Å². The minimum atomic E-state index is -0.244. The fraction of sp³-hybridized carbons (Fsp3) is 0. The van der Waals surface area contributed by atoms with Crippen molar-refractivity contribution in [3.8, 4) is 12.3 Å². The molecule has 20 heavy (non-hydrogen) atoms. The quantitative estimate of drug-likeness (QED) is 0.387. The van der Waals surface area contributed by atoms with E-state index in [1.54, 1.807) is 48.5 Å². The summed E-state index contributed by atoms with van der Waals surface area (Å²) in [7, 11) is 0. The molecule has 2 rings (SSSR count). The van der Waals surface area contributed by atoms with Crippen LogP contribution in [0.3, 0.4) is 0 Å². The molecule has 2 aromatic carbocycles. The molecule has 0 radical (unpaired) electrons. The summed E-state index contributed by atoms with van der Waals surface area (Å²) in [4.78, 5) is 14.7. The van der Waals surface area contributed by atoms with Crippen LogP contribution >= 0.6 is 0 Å². The lowest BCUT2D eigenvalue weighted by Crippen LogP contribution is -2.11. The molecule has 0 aliphatic heterocycles. The first-order chi connectivity index (χ1) is 9.72. The number of nitrogens with zero attached hydrogens (tertiary/aromatic N) is 3. The standard InChI is InChI=1S/C15H10N4O/c1-2-11-3-7-13(8-4-11)17-15(20)12-5-9-14(10-6-12)18-19-16/h1,3-10H,(H,17,20). The molecular weight excluding hydrogens is 252 g/mol. The number of hydrogen-bond acceptors (Lipinski definition) is 2. The van der Waals surface area contributed by atoms with Gasteiger partial charge >= 0.3 is 0 Å². The second-order valence-electron chi connectivity index (χ2n) is 3.91. The molecule has 1 N–H and O–H groups in total. The van der Waals surface area contributed by atoms with Crippen molar-refractivity contribution in [3.63, 3.8) is 0 Å². The number of nitrogens with one attached hydrogen (secondary N) is 1. The molecule has 2 aromatic rings. The van der Waals surface area contributed by atoms with E-state index in [1.807, 2.05) is 0 Å². The van der Waals surface area contributed by atoms with Crippen molar-refractivity contribution in [1.82, 2.24) is 0 Å². The summed E-state index contributed by atoms with van der Waals surface area (Å²) in [5.41, 5.74) is 10.6. The van der Waals surface area contributed by atoms with E-state index in [0.29, 0.717) is 16.9 Å². The lowest BCUT2D eigenvalue weighted by molar-refractivity contribution is 0.102. The monoisotopic (exact) mass is 262 g/mol. The molecule has 5 heteroatoms. The van der Waals surface area contributed by atoms with E-state index in [4.69, 9.17) is 12.0 Å². The van der Waals surface area contributed by atoms with Crippen molar-refractivity contribution < 1.29 is 4.79 Å². The number of carbonyl (C=O) groups is 1. The zero-order valence-electron chi connectivity index (χ0n) is 10.4. The van der Waals surface area contributed by atoms with E-state index in [0.717, 1.165) is 5.56 Å². The van der Waals surface area contributed by atoms with Gasteiger partial charge in [-0.05, 0) is 41.9 Å². The first-order valence-corrected chi connectivity index (χ1v) is 5.76. The molecule has 0 unspecified atom stereocenters. The third-order valence-corrected chi connectivity index (χ3v) is 2.60. The van der Waals surface area contributed by atoms with Crippen molar-refractivity contribution >= 4 is 17.3 Å². The zero-order valence-corrected chi connectivity index (χ0v) is 10.4. The maximum absolute atomic E-state index is 12.0. The van der Waals surface area contributed by atoms with Crippen LogP contribution in [0.4, 0.5) is 11.4 Å². The van der Waals surface area contributed by atoms with Gasteiger partial charge in [0.1, 0.15) is 0 Å². The van der Waals surface area contributed by atoms with Crippen LogP contribution in [0, 0.1) is 12.3 Å². The van der Waals surface area contributed by atoms with Crippen LogP contribution in [-0.2, 0) is 0 Å². The Kier molecular flexibility index (Phi) is 4.03. The van der Waals surface area contributed by atoms with Gasteiger partial charge in [0.25, 0.3) is 5.91 Å². The molecule has 0 fully saturated rings.